The number of aromatic nitrogens is 5. The lowest BCUT2D eigenvalue weighted by atomic mass is 10.0. The Labute approximate surface area is 235 Å². The summed E-state index contributed by atoms with van der Waals surface area (Å²) in [6.45, 7) is 7.58. The molecule has 1 aromatic carbocycles. The van der Waals surface area contributed by atoms with Gasteiger partial charge < -0.3 is 9.30 Å². The number of pyridine rings is 1. The first-order valence-corrected chi connectivity index (χ1v) is 13.5. The molecule has 0 aliphatic heterocycles. The molecular formula is C30H33F4N5O2. The minimum absolute atomic E-state index is 0.0388. The van der Waals surface area contributed by atoms with Crippen LogP contribution in [0.5, 0.6) is 0 Å². The summed E-state index contributed by atoms with van der Waals surface area (Å²) >= 11 is 0. The Morgan fingerprint density at radius 1 is 1.20 bits per heavy atom. The standard InChI is InChI=1S/C28H27F4N5O2.C2H6/c1-5-16(11-23(39-4)17-13-33-37(14-17)19-7-8-19)26-34-24(20-9-6-18(12-22(20)29)28(30,31)32)21-10-15(2)36(3)27(38)25(21)35-26;1-2/h6,9-14,19,23H,5,7-8H2,1-4H3;1-2H3/b16-11+;. The smallest absolute Gasteiger partial charge is 0.373 e. The quantitative estimate of drug-likeness (QED) is 0.219. The summed E-state index contributed by atoms with van der Waals surface area (Å²) in [4.78, 5) is 22.4. The van der Waals surface area contributed by atoms with E-state index in [0.29, 0.717) is 29.8 Å². The molecule has 0 N–H and O–H groups in total. The fraction of sp³-hybridized carbons (Fsp3) is 0.400. The molecule has 0 amide bonds. The number of alkyl halides is 3. The van der Waals surface area contributed by atoms with Crippen molar-refractivity contribution >= 4 is 16.5 Å². The molecule has 0 saturated heterocycles. The summed E-state index contributed by atoms with van der Waals surface area (Å²) in [7, 11) is 3.15. The molecule has 1 atom stereocenters. The van der Waals surface area contributed by atoms with Gasteiger partial charge in [-0.15, -0.1) is 0 Å². The number of fused-ring (bicyclic) bond motifs is 1. The van der Waals surface area contributed by atoms with E-state index in [1.807, 2.05) is 37.7 Å². The zero-order chi connectivity index (χ0) is 30.1. The van der Waals surface area contributed by atoms with E-state index in [0.717, 1.165) is 30.5 Å². The summed E-state index contributed by atoms with van der Waals surface area (Å²) < 4.78 is 63.8. The van der Waals surface area contributed by atoms with Crippen molar-refractivity contribution in [3.63, 3.8) is 0 Å². The fourth-order valence-electron chi connectivity index (χ4n) is 4.50. The van der Waals surface area contributed by atoms with Crippen LogP contribution in [0.1, 0.15) is 74.8 Å². The zero-order valence-electron chi connectivity index (χ0n) is 23.9. The van der Waals surface area contributed by atoms with Crippen LogP contribution < -0.4 is 5.56 Å². The number of hydrogen-bond acceptors (Lipinski definition) is 5. The number of nitrogens with zero attached hydrogens (tertiary/aromatic N) is 5. The van der Waals surface area contributed by atoms with Crippen LogP contribution in [0.2, 0.25) is 0 Å². The molecule has 1 aliphatic carbocycles. The summed E-state index contributed by atoms with van der Waals surface area (Å²) in [5.74, 6) is -0.935. The Hall–Kier alpha value is -3.86. The van der Waals surface area contributed by atoms with Crippen LogP contribution in [-0.2, 0) is 18.0 Å². The molecule has 41 heavy (non-hydrogen) atoms. The van der Waals surface area contributed by atoms with E-state index < -0.39 is 29.2 Å². The number of hydrogen-bond donors (Lipinski definition) is 0. The lowest BCUT2D eigenvalue weighted by Gasteiger charge is -2.15. The Bertz CT molecular complexity index is 1650. The molecule has 11 heteroatoms. The molecule has 3 aromatic heterocycles. The van der Waals surface area contributed by atoms with Gasteiger partial charge in [-0.3, -0.25) is 9.48 Å². The maximum absolute atomic E-state index is 15.2. The maximum atomic E-state index is 15.2. The van der Waals surface area contributed by atoms with Gasteiger partial charge in [0.1, 0.15) is 17.4 Å². The lowest BCUT2D eigenvalue weighted by Crippen LogP contribution is -2.21. The first kappa shape index (κ1) is 30.1. The second-order valence-electron chi connectivity index (χ2n) is 9.69. The molecule has 0 radical (unpaired) electrons. The molecule has 7 nitrogen and oxygen atoms in total. The van der Waals surface area contributed by atoms with Crippen molar-refractivity contribution in [3.05, 3.63) is 81.6 Å². The SMILES string of the molecule is CC.CC/C(=C\C(OC)c1cnn(C2CC2)c1)c1nc(-c2ccc(C(F)(F)F)cc2F)c2cc(C)n(C)c(=O)c2n1. The van der Waals surface area contributed by atoms with Crippen molar-refractivity contribution in [1.82, 2.24) is 24.3 Å². The number of ether oxygens (including phenoxy) is 1. The highest BCUT2D eigenvalue weighted by atomic mass is 19.4. The summed E-state index contributed by atoms with van der Waals surface area (Å²) in [5.41, 5.74) is 0.402. The summed E-state index contributed by atoms with van der Waals surface area (Å²) in [6, 6.07) is 4.30. The predicted octanol–water partition coefficient (Wildman–Crippen LogP) is 7.20. The number of methoxy groups -OCH3 is 1. The number of rotatable bonds is 7. The average Bonchev–Trinajstić information content (AvgIpc) is 3.69. The zero-order valence-corrected chi connectivity index (χ0v) is 23.9. The van der Waals surface area contributed by atoms with E-state index in [4.69, 9.17) is 4.74 Å². The topological polar surface area (TPSA) is 74.8 Å². The van der Waals surface area contributed by atoms with Gasteiger partial charge >= 0.3 is 6.18 Å². The van der Waals surface area contributed by atoms with Gasteiger partial charge in [0, 0.05) is 42.6 Å². The first-order chi connectivity index (χ1) is 19.5. The van der Waals surface area contributed by atoms with Crippen LogP contribution in [0.3, 0.4) is 0 Å². The van der Waals surface area contributed by atoms with Gasteiger partial charge in [0.05, 0.1) is 23.5 Å². The van der Waals surface area contributed by atoms with Crippen molar-refractivity contribution in [1.29, 1.82) is 0 Å². The molecular weight excluding hydrogens is 538 g/mol. The highest BCUT2D eigenvalue weighted by Crippen LogP contribution is 2.37. The van der Waals surface area contributed by atoms with Crippen molar-refractivity contribution < 1.29 is 22.3 Å². The third-order valence-corrected chi connectivity index (χ3v) is 7.03. The second kappa shape index (κ2) is 11.9. The average molecular weight is 572 g/mol. The largest absolute Gasteiger partial charge is 0.416 e. The van der Waals surface area contributed by atoms with Gasteiger partial charge in [0.15, 0.2) is 5.82 Å². The molecule has 218 valence electrons. The van der Waals surface area contributed by atoms with E-state index in [-0.39, 0.29) is 28.0 Å². The highest BCUT2D eigenvalue weighted by molar-refractivity contribution is 5.93. The fourth-order valence-corrected chi connectivity index (χ4v) is 4.50. The maximum Gasteiger partial charge on any atom is 0.416 e. The van der Waals surface area contributed by atoms with E-state index in [1.54, 1.807) is 33.3 Å². The van der Waals surface area contributed by atoms with Gasteiger partial charge in [-0.1, -0.05) is 20.8 Å². The van der Waals surface area contributed by atoms with E-state index in [1.165, 1.54) is 4.57 Å². The normalized spacial score (nSPS) is 14.6. The van der Waals surface area contributed by atoms with Crippen molar-refractivity contribution in [2.24, 2.45) is 7.05 Å². The van der Waals surface area contributed by atoms with E-state index in [2.05, 4.69) is 15.1 Å². The molecule has 1 unspecified atom stereocenters. The molecule has 5 rings (SSSR count). The predicted molar refractivity (Wildman–Crippen MR) is 150 cm³/mol. The van der Waals surface area contributed by atoms with Crippen LogP contribution in [0, 0.1) is 12.7 Å². The molecule has 4 aromatic rings. The molecule has 1 aliphatic rings. The molecule has 1 saturated carbocycles. The van der Waals surface area contributed by atoms with Gasteiger partial charge in [-0.25, -0.2) is 14.4 Å². The number of aryl methyl sites for hydroxylation is 1. The van der Waals surface area contributed by atoms with Crippen LogP contribution in [0.15, 0.2) is 47.5 Å². The number of benzene rings is 1. The highest BCUT2D eigenvalue weighted by Gasteiger charge is 2.32. The Balaban J connectivity index is 0.00000189. The van der Waals surface area contributed by atoms with Crippen molar-refractivity contribution in [3.8, 4) is 11.3 Å². The van der Waals surface area contributed by atoms with Gasteiger partial charge in [0.2, 0.25) is 0 Å². The molecule has 0 bridgehead atoms. The van der Waals surface area contributed by atoms with Crippen molar-refractivity contribution in [2.75, 3.05) is 7.11 Å². The van der Waals surface area contributed by atoms with Crippen LogP contribution >= 0.6 is 0 Å². The van der Waals surface area contributed by atoms with Crippen LogP contribution in [0.25, 0.3) is 27.7 Å². The van der Waals surface area contributed by atoms with Crippen LogP contribution in [0.4, 0.5) is 17.6 Å². The minimum atomic E-state index is -4.70. The molecule has 0 spiro atoms. The number of allylic oxidation sites excluding steroid dienone is 1. The van der Waals surface area contributed by atoms with Crippen molar-refractivity contribution in [2.45, 2.75) is 65.3 Å². The summed E-state index contributed by atoms with van der Waals surface area (Å²) in [5, 5.41) is 4.67. The molecule has 1 fully saturated rings. The lowest BCUT2D eigenvalue weighted by molar-refractivity contribution is -0.137. The third-order valence-electron chi connectivity index (χ3n) is 7.03. The first-order valence-electron chi connectivity index (χ1n) is 13.5. The van der Waals surface area contributed by atoms with Gasteiger partial charge in [0.25, 0.3) is 5.56 Å². The van der Waals surface area contributed by atoms with E-state index in [9.17, 15) is 18.0 Å². The monoisotopic (exact) mass is 571 g/mol. The Kier molecular flexibility index (Phi) is 8.77. The number of halogens is 4. The summed E-state index contributed by atoms with van der Waals surface area (Å²) in [6.07, 6.45) is 2.90. The Morgan fingerprint density at radius 3 is 2.49 bits per heavy atom. The van der Waals surface area contributed by atoms with Gasteiger partial charge in [-0.05, 0) is 62.1 Å². The minimum Gasteiger partial charge on any atom is -0.373 e. The van der Waals surface area contributed by atoms with Crippen LogP contribution in [-0.4, -0.2) is 31.4 Å². The van der Waals surface area contributed by atoms with Gasteiger partial charge in [-0.2, -0.15) is 18.3 Å². The third kappa shape index (κ3) is 6.09. The second-order valence-corrected chi connectivity index (χ2v) is 9.69. The molecule has 3 heterocycles. The Morgan fingerprint density at radius 2 is 1.90 bits per heavy atom. The van der Waals surface area contributed by atoms with E-state index >= 15 is 4.39 Å².